The van der Waals surface area contributed by atoms with E-state index in [1.54, 1.807) is 0 Å². The molecule has 2 heteroatoms. The van der Waals surface area contributed by atoms with Crippen LogP contribution < -0.4 is 0 Å². The SMILES string of the molecule is c1ccc(-c2ccc(-c3cc(-c4ccc(-c5cc(-c6ccccc6)nc(-c6ccccc6)c5)cc4)cc(-c4ccc(-c5cc(-c6ccccc6)cc(-c6ccccc6)n5)cc4)c3)cc2)cc1. The number of benzene rings is 9. The summed E-state index contributed by atoms with van der Waals surface area (Å²) in [4.78, 5) is 10.3. The Kier molecular flexibility index (Phi) is 11.0. The lowest BCUT2D eigenvalue weighted by Crippen LogP contribution is -1.92. The van der Waals surface area contributed by atoms with Crippen LogP contribution in [0.5, 0.6) is 0 Å². The minimum atomic E-state index is 0.941. The average Bonchev–Trinajstić information content (AvgIpc) is 3.42. The van der Waals surface area contributed by atoms with Gasteiger partial charge in [-0.05, 0) is 109 Å². The molecule has 0 saturated carbocycles. The number of hydrogen-bond acceptors (Lipinski definition) is 2. The molecule has 9 aromatic carbocycles. The summed E-state index contributed by atoms with van der Waals surface area (Å²) in [5.74, 6) is 0. The van der Waals surface area contributed by atoms with Crippen molar-refractivity contribution in [2.24, 2.45) is 0 Å². The predicted octanol–water partition coefficient (Wildman–Crippen LogP) is 17.1. The second-order valence-corrected chi connectivity index (χ2v) is 16.6. The largest absolute Gasteiger partial charge is 0.248 e. The quantitative estimate of drug-likeness (QED) is 0.137. The van der Waals surface area contributed by atoms with Crippen molar-refractivity contribution in [2.45, 2.75) is 0 Å². The van der Waals surface area contributed by atoms with Crippen molar-refractivity contribution in [1.29, 1.82) is 0 Å². The first kappa shape index (κ1) is 40.1. The molecule has 2 heterocycles. The molecule has 0 saturated heterocycles. The number of hydrogen-bond donors (Lipinski definition) is 0. The molecule has 11 rings (SSSR count). The van der Waals surface area contributed by atoms with Crippen molar-refractivity contribution in [1.82, 2.24) is 9.97 Å². The summed E-state index contributed by atoms with van der Waals surface area (Å²) in [5, 5.41) is 0. The molecule has 0 bridgehead atoms. The van der Waals surface area contributed by atoms with Crippen LogP contribution in [0.25, 0.3) is 112 Å². The van der Waals surface area contributed by atoms with E-state index in [1.165, 1.54) is 22.3 Å². The number of nitrogens with zero attached hydrogens (tertiary/aromatic N) is 2. The van der Waals surface area contributed by atoms with Gasteiger partial charge in [-0.2, -0.15) is 0 Å². The van der Waals surface area contributed by atoms with Crippen LogP contribution in [0.4, 0.5) is 0 Å². The Labute approximate surface area is 386 Å². The fourth-order valence-corrected chi connectivity index (χ4v) is 8.75. The van der Waals surface area contributed by atoms with Crippen molar-refractivity contribution in [3.8, 4) is 112 Å². The monoisotopic (exact) mass is 840 g/mol. The lowest BCUT2D eigenvalue weighted by atomic mass is 9.91. The van der Waals surface area contributed by atoms with E-state index in [0.29, 0.717) is 0 Å². The highest BCUT2D eigenvalue weighted by molar-refractivity contribution is 5.85. The summed E-state index contributed by atoms with van der Waals surface area (Å²) in [6.45, 7) is 0. The fraction of sp³-hybridized carbons (Fsp3) is 0. The first-order valence-corrected chi connectivity index (χ1v) is 22.5. The van der Waals surface area contributed by atoms with Crippen molar-refractivity contribution >= 4 is 0 Å². The van der Waals surface area contributed by atoms with Crippen LogP contribution in [0.1, 0.15) is 0 Å². The molecule has 0 N–H and O–H groups in total. The summed E-state index contributed by atoms with van der Waals surface area (Å²) in [7, 11) is 0. The van der Waals surface area contributed by atoms with Crippen LogP contribution in [0, 0.1) is 0 Å². The lowest BCUT2D eigenvalue weighted by Gasteiger charge is -2.14. The third kappa shape index (κ3) is 8.64. The van der Waals surface area contributed by atoms with Crippen LogP contribution in [0.2, 0.25) is 0 Å². The fourth-order valence-electron chi connectivity index (χ4n) is 8.75. The van der Waals surface area contributed by atoms with Gasteiger partial charge in [-0.1, -0.05) is 224 Å². The number of aromatic nitrogens is 2. The predicted molar refractivity (Wildman–Crippen MR) is 276 cm³/mol. The maximum absolute atomic E-state index is 5.20. The molecule has 0 aliphatic carbocycles. The maximum atomic E-state index is 5.20. The van der Waals surface area contributed by atoms with E-state index in [2.05, 4.69) is 249 Å². The van der Waals surface area contributed by atoms with E-state index in [1.807, 2.05) is 18.2 Å². The second kappa shape index (κ2) is 18.2. The topological polar surface area (TPSA) is 25.8 Å². The van der Waals surface area contributed by atoms with Crippen molar-refractivity contribution in [3.63, 3.8) is 0 Å². The Hall–Kier alpha value is -8.72. The zero-order chi connectivity index (χ0) is 44.1. The Morgan fingerprint density at radius 2 is 0.303 bits per heavy atom. The van der Waals surface area contributed by atoms with Gasteiger partial charge >= 0.3 is 0 Å². The molecule has 310 valence electrons. The van der Waals surface area contributed by atoms with Crippen LogP contribution in [0.15, 0.2) is 267 Å². The molecule has 0 aliphatic heterocycles. The highest BCUT2D eigenvalue weighted by Gasteiger charge is 2.14. The van der Waals surface area contributed by atoms with Gasteiger partial charge in [-0.15, -0.1) is 0 Å². The third-order valence-electron chi connectivity index (χ3n) is 12.3. The van der Waals surface area contributed by atoms with Gasteiger partial charge in [-0.3, -0.25) is 0 Å². The van der Waals surface area contributed by atoms with Crippen molar-refractivity contribution in [3.05, 3.63) is 267 Å². The van der Waals surface area contributed by atoms with E-state index >= 15 is 0 Å². The molecule has 0 unspecified atom stereocenters. The first-order valence-electron chi connectivity index (χ1n) is 22.5. The molecule has 0 radical (unpaired) electrons. The molecular weight excluding hydrogens is 797 g/mol. The molecular formula is C64H44N2. The van der Waals surface area contributed by atoms with E-state index in [4.69, 9.17) is 9.97 Å². The lowest BCUT2D eigenvalue weighted by molar-refractivity contribution is 1.32. The van der Waals surface area contributed by atoms with E-state index < -0.39 is 0 Å². The van der Waals surface area contributed by atoms with Gasteiger partial charge < -0.3 is 0 Å². The summed E-state index contributed by atoms with van der Waals surface area (Å²) >= 11 is 0. The molecule has 2 nitrogen and oxygen atoms in total. The summed E-state index contributed by atoms with van der Waals surface area (Å²) in [5.41, 5.74) is 22.0. The molecule has 2 aromatic heterocycles. The molecule has 0 fully saturated rings. The molecule has 0 amide bonds. The van der Waals surface area contributed by atoms with Crippen molar-refractivity contribution in [2.75, 3.05) is 0 Å². The Bertz CT molecular complexity index is 3080. The average molecular weight is 841 g/mol. The third-order valence-corrected chi connectivity index (χ3v) is 12.3. The first-order chi connectivity index (χ1) is 32.7. The smallest absolute Gasteiger partial charge is 0.0715 e. The van der Waals surface area contributed by atoms with Gasteiger partial charge in [0.05, 0.1) is 22.8 Å². The van der Waals surface area contributed by atoms with Gasteiger partial charge in [0.2, 0.25) is 0 Å². The molecule has 0 spiro atoms. The minimum Gasteiger partial charge on any atom is -0.248 e. The number of rotatable bonds is 10. The Balaban J connectivity index is 0.976. The minimum absolute atomic E-state index is 0.941. The van der Waals surface area contributed by atoms with E-state index in [0.717, 1.165) is 89.5 Å². The standard InChI is InChI=1S/C64H44N2/c1-6-16-45(17-7-1)47-26-28-48(29-27-47)56-38-57(49-30-32-51(33-31-49)60-43-62(53-22-12-4-13-23-53)65-63(44-60)54-24-14-5-15-25-54)40-58(39-56)50-34-36-55(37-35-50)64-42-59(46-18-8-2-9-19-46)41-61(66-64)52-20-10-3-11-21-52/h1-44H. The van der Waals surface area contributed by atoms with Gasteiger partial charge in [0.15, 0.2) is 0 Å². The van der Waals surface area contributed by atoms with Crippen LogP contribution >= 0.6 is 0 Å². The van der Waals surface area contributed by atoms with Crippen LogP contribution in [-0.4, -0.2) is 9.97 Å². The Morgan fingerprint density at radius 1 is 0.136 bits per heavy atom. The molecule has 66 heavy (non-hydrogen) atoms. The number of pyridine rings is 2. The zero-order valence-corrected chi connectivity index (χ0v) is 36.3. The van der Waals surface area contributed by atoms with E-state index in [-0.39, 0.29) is 0 Å². The van der Waals surface area contributed by atoms with E-state index in [9.17, 15) is 0 Å². The normalized spacial score (nSPS) is 11.0. The van der Waals surface area contributed by atoms with Crippen LogP contribution in [-0.2, 0) is 0 Å². The summed E-state index contributed by atoms with van der Waals surface area (Å²) in [6.07, 6.45) is 0. The summed E-state index contributed by atoms with van der Waals surface area (Å²) < 4.78 is 0. The van der Waals surface area contributed by atoms with Gasteiger partial charge in [0.25, 0.3) is 0 Å². The summed E-state index contributed by atoms with van der Waals surface area (Å²) in [6, 6.07) is 95.0. The van der Waals surface area contributed by atoms with Crippen molar-refractivity contribution < 1.29 is 0 Å². The highest BCUT2D eigenvalue weighted by Crippen LogP contribution is 2.37. The second-order valence-electron chi connectivity index (χ2n) is 16.6. The molecule has 0 aliphatic rings. The Morgan fingerprint density at radius 3 is 0.576 bits per heavy atom. The van der Waals surface area contributed by atoms with Gasteiger partial charge in [0, 0.05) is 22.3 Å². The molecule has 11 aromatic rings. The van der Waals surface area contributed by atoms with Crippen LogP contribution in [0.3, 0.4) is 0 Å². The zero-order valence-electron chi connectivity index (χ0n) is 36.3. The molecule has 0 atom stereocenters. The van der Waals surface area contributed by atoms with Gasteiger partial charge in [-0.25, -0.2) is 9.97 Å². The highest BCUT2D eigenvalue weighted by atomic mass is 14.7. The maximum Gasteiger partial charge on any atom is 0.0715 e. The van der Waals surface area contributed by atoms with Gasteiger partial charge in [0.1, 0.15) is 0 Å².